The Bertz CT molecular complexity index is 6270. The van der Waals surface area contributed by atoms with Crippen LogP contribution in [0.3, 0.4) is 0 Å². The number of nitrogen functional groups attached to an aromatic ring is 5. The van der Waals surface area contributed by atoms with Gasteiger partial charge in [-0.3, -0.25) is 46.2 Å². The van der Waals surface area contributed by atoms with E-state index in [0.29, 0.717) is 23.1 Å². The maximum atomic E-state index is 15.0. The van der Waals surface area contributed by atoms with Gasteiger partial charge in [0.25, 0.3) is 5.56 Å². The van der Waals surface area contributed by atoms with Crippen LogP contribution in [0.5, 0.6) is 0 Å². The number of imidazole rings is 4. The minimum atomic E-state index is -4.77. The van der Waals surface area contributed by atoms with Gasteiger partial charge in [-0.2, -0.15) is 4.98 Å². The SMILES string of the molecule is CC[C@H]1O[C@@H](n2cnc3c(N)ncnc32)C[C@H]1OP(O)(=S)OC[C@H]1O[C@@H](n2cnc3c(N)ncnc32)C[C@H]1OP(O)(=S)OC[C@H]1O[C@@H](n2cnc3c(N)ncnc32)C[C@H]1OP(=O)(S)OC[C@H]1O[C@@H](n2cc(C)c(=O)[nH]c2=O)C[C@H]1OP(O)(=S)OC[C@H]1O[C@@H](n2cnc3c(N)ncnc32)C[C@H]1OP(O)(=S)OC[C@H]1O[C@@H](n2cc(C)c(N)nc2=O)C[C@H]1OP(O)(=S)OC. The number of nitrogens with one attached hydrogen (secondary N) is 1. The van der Waals surface area contributed by atoms with Crippen molar-refractivity contribution in [3.8, 4) is 0 Å². The Hall–Kier alpha value is -6.33. The zero-order valence-corrected chi connectivity index (χ0v) is 76.3. The molecule has 6 aliphatic heterocycles. The van der Waals surface area contributed by atoms with Crippen LogP contribution in [0, 0.1) is 13.8 Å². The summed E-state index contributed by atoms with van der Waals surface area (Å²) in [5, 5.41) is 0. The van der Waals surface area contributed by atoms with Gasteiger partial charge >= 0.3 is 51.8 Å². The van der Waals surface area contributed by atoms with E-state index in [1.807, 2.05) is 6.92 Å². The lowest BCUT2D eigenvalue weighted by atomic mass is 10.1. The zero-order chi connectivity index (χ0) is 89.4. The summed E-state index contributed by atoms with van der Waals surface area (Å²) in [5.74, 6) is 0.278. The third-order valence-corrected chi connectivity index (χ3v) is 30.8. The second kappa shape index (κ2) is 37.4. The first kappa shape index (κ1) is 92.9. The first-order valence-electron chi connectivity index (χ1n) is 37.9. The average molecular weight is 1990 g/mol. The number of aromatic amines is 1. The van der Waals surface area contributed by atoms with Gasteiger partial charge in [-0.25, -0.2) is 74.0 Å². The van der Waals surface area contributed by atoms with Gasteiger partial charge in [0, 0.05) is 69.2 Å². The van der Waals surface area contributed by atoms with Gasteiger partial charge in [-0.15, -0.1) is 0 Å². The number of anilines is 5. The summed E-state index contributed by atoms with van der Waals surface area (Å²) in [5.41, 5.74) is 30.7. The Morgan fingerprint density at radius 3 is 1.03 bits per heavy atom. The molecule has 0 saturated carbocycles. The van der Waals surface area contributed by atoms with Gasteiger partial charge in [-0.05, 0) is 79.3 Å². The molecule has 6 unspecified atom stereocenters. The maximum Gasteiger partial charge on any atom is 0.386 e. The second-order valence-corrected chi connectivity index (χ2v) is 46.2. The summed E-state index contributed by atoms with van der Waals surface area (Å²) < 4.78 is 134. The predicted octanol–water partition coefficient (Wildman–Crippen LogP) is 2.98. The van der Waals surface area contributed by atoms with Crippen LogP contribution in [0.1, 0.15) is 100 Å². The van der Waals surface area contributed by atoms with Crippen molar-refractivity contribution in [2.75, 3.05) is 68.8 Å². The van der Waals surface area contributed by atoms with E-state index in [0.717, 1.165) is 16.2 Å². The molecule has 16 heterocycles. The lowest BCUT2D eigenvalue weighted by Crippen LogP contribution is -2.33. The number of rotatable bonds is 35. The molecule has 0 bridgehead atoms. The lowest BCUT2D eigenvalue weighted by Gasteiger charge is -2.28. The van der Waals surface area contributed by atoms with Crippen LogP contribution in [0.25, 0.3) is 44.7 Å². The van der Waals surface area contributed by atoms with Gasteiger partial charge in [0.2, 0.25) is 0 Å². The van der Waals surface area contributed by atoms with Crippen LogP contribution in [-0.2, 0) is 146 Å². The van der Waals surface area contributed by atoms with Crippen LogP contribution in [0.2, 0.25) is 0 Å². The van der Waals surface area contributed by atoms with E-state index < -0.39 is 201 Å². The molecular weight excluding hydrogens is 1910 g/mol. The van der Waals surface area contributed by atoms with Gasteiger partial charge in [-0.1, -0.05) is 19.2 Å². The molecule has 0 amide bonds. The molecule has 6 fully saturated rings. The summed E-state index contributed by atoms with van der Waals surface area (Å²) in [6, 6.07) is 0. The topological polar surface area (TPSA) is 679 Å². The Morgan fingerprint density at radius 1 is 0.413 bits per heavy atom. The first-order chi connectivity index (χ1) is 59.8. The van der Waals surface area contributed by atoms with E-state index in [1.54, 1.807) is 16.1 Å². The van der Waals surface area contributed by atoms with Gasteiger partial charge in [0.05, 0.1) is 95.0 Å². The second-order valence-electron chi connectivity index (χ2n) is 29.2. The van der Waals surface area contributed by atoms with Crippen LogP contribution < -0.4 is 45.6 Å². The smallest absolute Gasteiger partial charge is 0.383 e. The van der Waals surface area contributed by atoms with Crippen molar-refractivity contribution >= 4 is 185 Å². The van der Waals surface area contributed by atoms with Crippen molar-refractivity contribution in [3.63, 3.8) is 0 Å². The molecule has 682 valence electrons. The maximum absolute atomic E-state index is 15.0. The number of H-pyrrole nitrogens is 1. The van der Waals surface area contributed by atoms with Gasteiger partial charge in [0.15, 0.2) is 45.9 Å². The molecule has 6 saturated heterocycles. The Balaban J connectivity index is 0.611. The highest BCUT2D eigenvalue weighted by atomic mass is 32.7. The molecule has 0 aliphatic carbocycles. The van der Waals surface area contributed by atoms with E-state index in [-0.39, 0.29) is 107 Å². The zero-order valence-electron chi connectivity index (χ0n) is 65.9. The molecule has 0 aromatic carbocycles. The lowest BCUT2D eigenvalue weighted by molar-refractivity contribution is -0.0553. The Kier molecular flexibility index (Phi) is 27.6. The Morgan fingerprint density at radius 2 is 0.698 bits per heavy atom. The normalized spacial score (nSPS) is 29.4. The highest BCUT2D eigenvalue weighted by Crippen LogP contribution is 2.60. The molecular formula is C62H81N25O27P6S6. The Labute approximate surface area is 740 Å². The standard InChI is InChI=1S/C62H81N25O27P6S6/c1-5-29-30(6-43(103-29)84-23-76-47-52(64)68-19-72-56(47)84)110-116(92,122)98-16-38-33(9-44(106-38)85-24-77-48-53(65)69-20-73-57(48)85)114-120(96,126)102-18-40-35(11-46(108-40)87-26-79-50-55(67)71-22-75-59(50)87)113-119(95,125)100-15-37-32(8-42(105-37)83-13-28(3)60(88)81-62(83)90)111-117(93,123)101-17-39-34(10-45(107-39)86-25-78-49-54(66)70-21-74-58(49)86)112-118(94,124)99-14-36-31(109-115(91,121)97-4)7-41(104-36)82-12-27(2)51(63)80-61(82)89/h12-13,19-26,29-46H,5-11,14-18H2,1-4H3,(H,91,121)(H,92,122)(H,93,123)(H,94,124)(H,95,125)(H,96,126)(H2,63,80,89)(H2,64,68,72)(H2,65,69,73)(H2,66,70,74)(H2,67,71,75)(H,81,88,90)/t29-,30-,31-,32-,33-,34-,35-,36-,37-,38-,39-,40-,41-,42-,43-,44-,45-,46-,115?,116?,117?,118?,119?,120?/m1/s1. The van der Waals surface area contributed by atoms with Gasteiger partial charge in [0.1, 0.15) is 127 Å². The minimum Gasteiger partial charge on any atom is -0.383 e. The number of hydrogen-bond donors (Lipinski definition) is 12. The van der Waals surface area contributed by atoms with Crippen LogP contribution in [0.4, 0.5) is 29.1 Å². The number of nitrogens with two attached hydrogens (primary N) is 5. The molecule has 10 aromatic heterocycles. The number of aryl methyl sites for hydroxylation is 2. The fourth-order valence-corrected chi connectivity index (χ4v) is 23.4. The summed E-state index contributed by atoms with van der Waals surface area (Å²) in [6.07, 6.45) is -7.66. The summed E-state index contributed by atoms with van der Waals surface area (Å²) >= 11 is 32.2. The fourth-order valence-electron chi connectivity index (χ4n) is 15.0. The van der Waals surface area contributed by atoms with E-state index in [4.69, 9.17) is 170 Å². The molecule has 16 N–H and O–H groups in total. The van der Waals surface area contributed by atoms with Crippen molar-refractivity contribution in [3.05, 3.63) is 105 Å². The van der Waals surface area contributed by atoms with Crippen molar-refractivity contribution in [2.45, 2.75) is 176 Å². The molecule has 0 radical (unpaired) electrons. The average Bonchev–Trinajstić information content (AvgIpc) is 1.64. The van der Waals surface area contributed by atoms with E-state index >= 15 is 4.57 Å². The highest BCUT2D eigenvalue weighted by Gasteiger charge is 2.51. The largest absolute Gasteiger partial charge is 0.386 e. The molecule has 126 heavy (non-hydrogen) atoms. The molecule has 10 aromatic rings. The number of hydrogen-bond acceptors (Lipinski definition) is 45. The van der Waals surface area contributed by atoms with E-state index in [9.17, 15) is 38.9 Å². The quantitative estimate of drug-likeness (QED) is 0.0201. The molecule has 52 nitrogen and oxygen atoms in total. The van der Waals surface area contributed by atoms with Crippen LogP contribution >= 0.6 is 52.6 Å². The molecule has 16 rings (SSSR count). The minimum absolute atomic E-state index is 0.0171. The van der Waals surface area contributed by atoms with Gasteiger partial charge < -0.3 is 127 Å². The molecule has 0 spiro atoms. The number of thiol groups is 1. The third-order valence-electron chi connectivity index (χ3n) is 21.1. The van der Waals surface area contributed by atoms with Crippen LogP contribution in [-0.4, -0.2) is 235 Å². The van der Waals surface area contributed by atoms with E-state index in [2.05, 4.69) is 82.0 Å². The summed E-state index contributed by atoms with van der Waals surface area (Å²) in [4.78, 5) is 155. The summed E-state index contributed by atoms with van der Waals surface area (Å²) in [6.45, 7) is -24.8. The number of aromatic nitrogens is 20. The third kappa shape index (κ3) is 20.6. The molecule has 64 heteroatoms. The van der Waals surface area contributed by atoms with Crippen molar-refractivity contribution < 1.29 is 112 Å². The predicted molar refractivity (Wildman–Crippen MR) is 459 cm³/mol. The van der Waals surface area contributed by atoms with Crippen molar-refractivity contribution in [1.82, 2.24) is 97.2 Å². The summed E-state index contributed by atoms with van der Waals surface area (Å²) in [7, 11) is 1.14. The van der Waals surface area contributed by atoms with E-state index in [1.165, 1.54) is 79.1 Å². The first-order valence-corrected chi connectivity index (χ1v) is 53.6. The monoisotopic (exact) mass is 1990 g/mol. The number of ether oxygens (including phenoxy) is 6. The van der Waals surface area contributed by atoms with Crippen molar-refractivity contribution in [1.29, 1.82) is 0 Å². The highest BCUT2D eigenvalue weighted by molar-refractivity contribution is 8.44. The fraction of sp³-hybridized carbons (Fsp3) is 0.548. The number of fused-ring (bicyclic) bond motifs is 4. The molecule has 24 atom stereocenters. The van der Waals surface area contributed by atoms with Crippen LogP contribution in [0.15, 0.2) is 77.4 Å². The van der Waals surface area contributed by atoms with Crippen molar-refractivity contribution in [2.24, 2.45) is 0 Å². The number of nitrogens with zero attached hydrogens (tertiary/aromatic N) is 19. The molecule has 6 aliphatic rings.